The highest BCUT2D eigenvalue weighted by Crippen LogP contribution is 2.18. The fourth-order valence-corrected chi connectivity index (χ4v) is 2.10. The summed E-state index contributed by atoms with van der Waals surface area (Å²) in [6.45, 7) is 0.352. The number of fused-ring (bicyclic) bond motifs is 1. The van der Waals surface area contributed by atoms with Crippen molar-refractivity contribution < 1.29 is 13.2 Å². The third-order valence-corrected chi connectivity index (χ3v) is 3.16. The van der Waals surface area contributed by atoms with Gasteiger partial charge in [0.05, 0.1) is 11.6 Å². The van der Waals surface area contributed by atoms with Gasteiger partial charge in [-0.1, -0.05) is 6.07 Å². The average molecular weight is 304 g/mol. The predicted molar refractivity (Wildman–Crippen MR) is 75.8 cm³/mol. The molecule has 0 atom stereocenters. The summed E-state index contributed by atoms with van der Waals surface area (Å²) < 4.78 is 39.6. The van der Waals surface area contributed by atoms with Crippen LogP contribution in [0.15, 0.2) is 36.8 Å². The second-order valence-corrected chi connectivity index (χ2v) is 4.66. The van der Waals surface area contributed by atoms with Crippen LogP contribution >= 0.6 is 0 Å². The monoisotopic (exact) mass is 304 g/mol. The maximum Gasteiger partial charge on any atom is 0.164 e. The highest BCUT2D eigenvalue weighted by molar-refractivity contribution is 5.85. The zero-order valence-electron chi connectivity index (χ0n) is 11.4. The Bertz CT molecular complexity index is 823. The van der Waals surface area contributed by atoms with Gasteiger partial charge >= 0.3 is 0 Å². The highest BCUT2D eigenvalue weighted by atomic mass is 19.1. The number of halogens is 3. The summed E-state index contributed by atoms with van der Waals surface area (Å²) in [6, 6.07) is 4.72. The predicted octanol–water partition coefficient (Wildman–Crippen LogP) is 3.10. The minimum absolute atomic E-state index is 0.334. The van der Waals surface area contributed by atoms with Gasteiger partial charge in [0.1, 0.15) is 29.6 Å². The number of pyridine rings is 1. The minimum atomic E-state index is -0.613. The highest BCUT2D eigenvalue weighted by Gasteiger charge is 2.07. The Kier molecular flexibility index (Phi) is 3.86. The average Bonchev–Trinajstić information content (AvgIpc) is 2.50. The van der Waals surface area contributed by atoms with Crippen molar-refractivity contribution in [2.75, 3.05) is 11.9 Å². The van der Waals surface area contributed by atoms with Gasteiger partial charge < -0.3 is 5.32 Å². The van der Waals surface area contributed by atoms with E-state index in [1.165, 1.54) is 24.5 Å². The molecular formula is C15H11F3N4. The van der Waals surface area contributed by atoms with Crippen LogP contribution in [0.25, 0.3) is 11.0 Å². The van der Waals surface area contributed by atoms with Crippen molar-refractivity contribution in [1.29, 1.82) is 0 Å². The molecule has 3 aromatic rings. The van der Waals surface area contributed by atoms with Gasteiger partial charge in [-0.05, 0) is 24.1 Å². The van der Waals surface area contributed by atoms with Gasteiger partial charge in [0.25, 0.3) is 0 Å². The number of aromatic nitrogens is 3. The van der Waals surface area contributed by atoms with Crippen LogP contribution in [0, 0.1) is 17.5 Å². The topological polar surface area (TPSA) is 50.7 Å². The van der Waals surface area contributed by atoms with Crippen LogP contribution in [0.5, 0.6) is 0 Å². The molecule has 0 aliphatic carbocycles. The standard InChI is InChI=1S/C15H11F3N4/c16-10-2-1-9(13(18)6-10)3-4-19-14-12-5-11(17)7-20-15(12)22-8-21-14/h1-2,5-8H,3-4H2,(H,19,20,21,22). The first-order chi connectivity index (χ1) is 10.6. The molecule has 2 heterocycles. The molecule has 4 nitrogen and oxygen atoms in total. The summed E-state index contributed by atoms with van der Waals surface area (Å²) in [5, 5.41) is 3.43. The van der Waals surface area contributed by atoms with E-state index in [4.69, 9.17) is 0 Å². The molecule has 0 fully saturated rings. The summed E-state index contributed by atoms with van der Waals surface area (Å²) in [4.78, 5) is 11.8. The second kappa shape index (κ2) is 5.97. The maximum atomic E-state index is 13.5. The number of hydrogen-bond donors (Lipinski definition) is 1. The molecule has 0 radical (unpaired) electrons. The largest absolute Gasteiger partial charge is 0.369 e. The lowest BCUT2D eigenvalue weighted by atomic mass is 10.1. The Balaban J connectivity index is 1.75. The van der Waals surface area contributed by atoms with Gasteiger partial charge in [0.15, 0.2) is 5.65 Å². The molecule has 1 aromatic carbocycles. The fourth-order valence-electron chi connectivity index (χ4n) is 2.10. The molecule has 112 valence electrons. The van der Waals surface area contributed by atoms with Gasteiger partial charge in [-0.25, -0.2) is 28.1 Å². The first-order valence-corrected chi connectivity index (χ1v) is 6.57. The van der Waals surface area contributed by atoms with Crippen LogP contribution in [0.3, 0.4) is 0 Å². The Hall–Kier alpha value is -2.70. The molecule has 7 heteroatoms. The number of nitrogens with one attached hydrogen (secondary N) is 1. The van der Waals surface area contributed by atoms with E-state index in [-0.39, 0.29) is 0 Å². The Morgan fingerprint density at radius 2 is 1.82 bits per heavy atom. The number of nitrogens with zero attached hydrogens (tertiary/aromatic N) is 3. The molecule has 0 amide bonds. The van der Waals surface area contributed by atoms with Crippen LogP contribution in [0.2, 0.25) is 0 Å². The van der Waals surface area contributed by atoms with Gasteiger partial charge in [-0.15, -0.1) is 0 Å². The summed E-state index contributed by atoms with van der Waals surface area (Å²) in [5.41, 5.74) is 0.753. The molecule has 0 aliphatic rings. The first kappa shape index (κ1) is 14.2. The fraction of sp³-hybridized carbons (Fsp3) is 0.133. The zero-order chi connectivity index (χ0) is 15.5. The van der Waals surface area contributed by atoms with Crippen molar-refractivity contribution in [3.63, 3.8) is 0 Å². The lowest BCUT2D eigenvalue weighted by Gasteiger charge is -2.08. The Morgan fingerprint density at radius 3 is 2.64 bits per heavy atom. The summed E-state index contributed by atoms with van der Waals surface area (Å²) in [5.74, 6) is -1.28. The van der Waals surface area contributed by atoms with Gasteiger partial charge in [0.2, 0.25) is 0 Å². The lowest BCUT2D eigenvalue weighted by Crippen LogP contribution is -2.08. The molecule has 3 rings (SSSR count). The van der Waals surface area contributed by atoms with Crippen LogP contribution in [-0.2, 0) is 6.42 Å². The number of benzene rings is 1. The molecule has 0 saturated heterocycles. The molecule has 0 unspecified atom stereocenters. The molecule has 22 heavy (non-hydrogen) atoms. The molecule has 0 aliphatic heterocycles. The van der Waals surface area contributed by atoms with Crippen molar-refractivity contribution in [2.45, 2.75) is 6.42 Å². The van der Waals surface area contributed by atoms with Gasteiger partial charge in [-0.3, -0.25) is 0 Å². The van der Waals surface area contributed by atoms with E-state index in [0.717, 1.165) is 12.3 Å². The summed E-state index contributed by atoms with van der Waals surface area (Å²) in [6.07, 6.45) is 2.72. The lowest BCUT2D eigenvalue weighted by molar-refractivity contribution is 0.572. The van der Waals surface area contributed by atoms with E-state index in [1.54, 1.807) is 0 Å². The molecule has 0 saturated carbocycles. The maximum absolute atomic E-state index is 13.5. The van der Waals surface area contributed by atoms with E-state index in [1.807, 2.05) is 0 Å². The summed E-state index contributed by atoms with van der Waals surface area (Å²) >= 11 is 0. The van der Waals surface area contributed by atoms with Crippen LogP contribution in [-0.4, -0.2) is 21.5 Å². The number of hydrogen-bond acceptors (Lipinski definition) is 4. The summed E-state index contributed by atoms with van der Waals surface area (Å²) in [7, 11) is 0. The molecule has 0 bridgehead atoms. The molecular weight excluding hydrogens is 293 g/mol. The third kappa shape index (κ3) is 2.98. The number of rotatable bonds is 4. The van der Waals surface area contributed by atoms with Crippen molar-refractivity contribution in [2.24, 2.45) is 0 Å². The second-order valence-electron chi connectivity index (χ2n) is 4.66. The molecule has 1 N–H and O–H groups in total. The first-order valence-electron chi connectivity index (χ1n) is 6.57. The third-order valence-electron chi connectivity index (χ3n) is 3.16. The Labute approximate surface area is 124 Å². The van der Waals surface area contributed by atoms with E-state index >= 15 is 0 Å². The van der Waals surface area contributed by atoms with E-state index in [9.17, 15) is 13.2 Å². The smallest absolute Gasteiger partial charge is 0.164 e. The van der Waals surface area contributed by atoms with Crippen LogP contribution in [0.1, 0.15) is 5.56 Å². The SMILES string of the molecule is Fc1ccc(CCNc2ncnc3ncc(F)cc23)c(F)c1. The van der Waals surface area contributed by atoms with E-state index < -0.39 is 17.5 Å². The number of anilines is 1. The van der Waals surface area contributed by atoms with Crippen LogP contribution in [0.4, 0.5) is 19.0 Å². The minimum Gasteiger partial charge on any atom is -0.369 e. The zero-order valence-corrected chi connectivity index (χ0v) is 11.4. The van der Waals surface area contributed by atoms with Crippen molar-refractivity contribution in [1.82, 2.24) is 15.0 Å². The van der Waals surface area contributed by atoms with E-state index in [2.05, 4.69) is 20.3 Å². The van der Waals surface area contributed by atoms with Gasteiger partial charge in [0, 0.05) is 12.6 Å². The van der Waals surface area contributed by atoms with Crippen molar-refractivity contribution >= 4 is 16.9 Å². The van der Waals surface area contributed by atoms with Crippen molar-refractivity contribution in [3.8, 4) is 0 Å². The Morgan fingerprint density at radius 1 is 0.955 bits per heavy atom. The van der Waals surface area contributed by atoms with Crippen LogP contribution < -0.4 is 5.32 Å². The van der Waals surface area contributed by atoms with Gasteiger partial charge in [-0.2, -0.15) is 0 Å². The molecule has 2 aromatic heterocycles. The molecule has 0 spiro atoms. The quantitative estimate of drug-likeness (QED) is 0.804. The van der Waals surface area contributed by atoms with Crippen molar-refractivity contribution in [3.05, 3.63) is 59.8 Å². The normalized spacial score (nSPS) is 10.9. The van der Waals surface area contributed by atoms with E-state index in [0.29, 0.717) is 35.4 Å².